The van der Waals surface area contributed by atoms with Gasteiger partial charge in [-0.1, -0.05) is 15.9 Å². The first kappa shape index (κ1) is 16.6. The normalized spacial score (nSPS) is 15.2. The highest BCUT2D eigenvalue weighted by Gasteiger charge is 2.35. The molecule has 1 heterocycles. The number of rotatable bonds is 3. The Morgan fingerprint density at radius 1 is 1.32 bits per heavy atom. The molecule has 0 unspecified atom stereocenters. The van der Waals surface area contributed by atoms with Crippen LogP contribution in [0.2, 0.25) is 0 Å². The smallest absolute Gasteiger partial charge is 0.410 e. The topological polar surface area (TPSA) is 76.1 Å². The van der Waals surface area contributed by atoms with E-state index >= 15 is 0 Å². The largest absolute Gasteiger partial charge is 0.486 e. The predicted octanol–water partition coefficient (Wildman–Crippen LogP) is 3.15. The van der Waals surface area contributed by atoms with E-state index in [0.717, 1.165) is 4.47 Å². The predicted molar refractivity (Wildman–Crippen MR) is 83.3 cm³/mol. The fraction of sp³-hybridized carbons (Fsp3) is 0.467. The third-order valence-corrected chi connectivity index (χ3v) is 3.46. The van der Waals surface area contributed by atoms with Crippen LogP contribution in [-0.2, 0) is 4.74 Å². The maximum Gasteiger partial charge on any atom is 0.410 e. The minimum absolute atomic E-state index is 0.0962. The second-order valence-electron chi connectivity index (χ2n) is 6.07. The Balaban J connectivity index is 1.94. The van der Waals surface area contributed by atoms with Crippen LogP contribution in [0.25, 0.3) is 0 Å². The Bertz CT molecular complexity index is 590. The molecule has 0 aromatic heterocycles. The summed E-state index contributed by atoms with van der Waals surface area (Å²) in [7, 11) is 0. The van der Waals surface area contributed by atoms with E-state index in [9.17, 15) is 9.59 Å². The molecule has 1 fully saturated rings. The second kappa shape index (κ2) is 6.16. The summed E-state index contributed by atoms with van der Waals surface area (Å²) in [6.07, 6.45) is -0.625. The highest BCUT2D eigenvalue weighted by Crippen LogP contribution is 2.27. The molecule has 0 saturated carbocycles. The van der Waals surface area contributed by atoms with Gasteiger partial charge in [0.15, 0.2) is 0 Å². The second-order valence-corrected chi connectivity index (χ2v) is 6.99. The number of nitrogens with zero attached hydrogens (tertiary/aromatic N) is 1. The first-order valence-corrected chi connectivity index (χ1v) is 7.62. The number of hydrogen-bond acceptors (Lipinski definition) is 4. The molecule has 0 bridgehead atoms. The van der Waals surface area contributed by atoms with E-state index in [-0.39, 0.29) is 23.5 Å². The molecular formula is C15H18BrNO5. The number of hydrogen-bond donors (Lipinski definition) is 1. The maximum atomic E-state index is 11.8. The molecule has 0 radical (unpaired) electrons. The standard InChI is InChI=1S/C15H18BrNO5/c1-15(2,3)22-14(20)17-7-10(8-17)21-12-6-9(16)4-5-11(12)13(18)19/h4-6,10H,7-8H2,1-3H3,(H,18,19). The molecule has 6 nitrogen and oxygen atoms in total. The van der Waals surface area contributed by atoms with Crippen molar-refractivity contribution in [2.24, 2.45) is 0 Å². The summed E-state index contributed by atoms with van der Waals surface area (Å²) in [4.78, 5) is 24.5. The zero-order chi connectivity index (χ0) is 16.5. The van der Waals surface area contributed by atoms with Crippen LogP contribution < -0.4 is 4.74 Å². The van der Waals surface area contributed by atoms with Crippen molar-refractivity contribution in [3.8, 4) is 5.75 Å². The van der Waals surface area contributed by atoms with Crippen LogP contribution in [-0.4, -0.2) is 46.9 Å². The Labute approximate surface area is 137 Å². The molecule has 0 spiro atoms. The maximum absolute atomic E-state index is 11.8. The highest BCUT2D eigenvalue weighted by atomic mass is 79.9. The molecular weight excluding hydrogens is 354 g/mol. The van der Waals surface area contributed by atoms with Gasteiger partial charge >= 0.3 is 12.1 Å². The van der Waals surface area contributed by atoms with Crippen molar-refractivity contribution in [2.45, 2.75) is 32.5 Å². The van der Waals surface area contributed by atoms with Crippen molar-refractivity contribution in [3.05, 3.63) is 28.2 Å². The number of aromatic carboxylic acids is 1. The Kier molecular flexibility index (Phi) is 4.65. The SMILES string of the molecule is CC(C)(C)OC(=O)N1CC(Oc2cc(Br)ccc2C(=O)O)C1. The lowest BCUT2D eigenvalue weighted by Crippen LogP contribution is -2.57. The number of carboxylic acids is 1. The zero-order valence-electron chi connectivity index (χ0n) is 12.6. The van der Waals surface area contributed by atoms with Gasteiger partial charge in [-0.3, -0.25) is 0 Å². The van der Waals surface area contributed by atoms with Crippen LogP contribution in [0, 0.1) is 0 Å². The van der Waals surface area contributed by atoms with Gasteiger partial charge in [0.2, 0.25) is 0 Å². The molecule has 7 heteroatoms. The van der Waals surface area contributed by atoms with Crippen molar-refractivity contribution in [3.63, 3.8) is 0 Å². The number of benzene rings is 1. The quantitative estimate of drug-likeness (QED) is 0.882. The third-order valence-electron chi connectivity index (χ3n) is 2.97. The molecule has 1 amide bonds. The highest BCUT2D eigenvalue weighted by molar-refractivity contribution is 9.10. The van der Waals surface area contributed by atoms with Gasteiger partial charge in [-0.05, 0) is 39.0 Å². The average molecular weight is 372 g/mol. The van der Waals surface area contributed by atoms with Gasteiger partial charge in [0.05, 0.1) is 13.1 Å². The molecule has 1 aliphatic rings. The summed E-state index contributed by atoms with van der Waals surface area (Å²) in [6.45, 7) is 6.17. The van der Waals surface area contributed by atoms with E-state index in [1.807, 2.05) is 0 Å². The molecule has 1 saturated heterocycles. The van der Waals surface area contributed by atoms with E-state index in [1.165, 1.54) is 11.0 Å². The monoisotopic (exact) mass is 371 g/mol. The number of likely N-dealkylation sites (tertiary alicyclic amines) is 1. The third kappa shape index (κ3) is 4.13. The number of amides is 1. The van der Waals surface area contributed by atoms with Crippen LogP contribution in [0.4, 0.5) is 4.79 Å². The van der Waals surface area contributed by atoms with Gasteiger partial charge < -0.3 is 19.5 Å². The Morgan fingerprint density at radius 2 is 1.95 bits per heavy atom. The average Bonchev–Trinajstić information content (AvgIpc) is 2.30. The lowest BCUT2D eigenvalue weighted by Gasteiger charge is -2.39. The summed E-state index contributed by atoms with van der Waals surface area (Å²) in [5.74, 6) is -0.762. The summed E-state index contributed by atoms with van der Waals surface area (Å²) in [6, 6.07) is 4.73. The summed E-state index contributed by atoms with van der Waals surface area (Å²) in [5, 5.41) is 9.15. The Hall–Kier alpha value is -1.76. The van der Waals surface area contributed by atoms with Crippen LogP contribution in [0.15, 0.2) is 22.7 Å². The number of halogens is 1. The fourth-order valence-electron chi connectivity index (χ4n) is 1.94. The van der Waals surface area contributed by atoms with Gasteiger partial charge in [-0.2, -0.15) is 0 Å². The van der Waals surface area contributed by atoms with E-state index in [4.69, 9.17) is 14.6 Å². The lowest BCUT2D eigenvalue weighted by atomic mass is 10.1. The van der Waals surface area contributed by atoms with Crippen LogP contribution in [0.5, 0.6) is 5.75 Å². The summed E-state index contributed by atoms with van der Waals surface area (Å²) in [5.41, 5.74) is -0.442. The van der Waals surface area contributed by atoms with Gasteiger partial charge in [0, 0.05) is 4.47 Å². The molecule has 1 aliphatic heterocycles. The van der Waals surface area contributed by atoms with Gasteiger partial charge in [0.25, 0.3) is 0 Å². The molecule has 120 valence electrons. The number of carbonyl (C=O) groups is 2. The van der Waals surface area contributed by atoms with Crippen LogP contribution in [0.3, 0.4) is 0 Å². The number of carboxylic acid groups (broad SMARTS) is 1. The summed E-state index contributed by atoms with van der Waals surface area (Å²) < 4.78 is 11.7. The van der Waals surface area contributed by atoms with E-state index < -0.39 is 11.6 Å². The lowest BCUT2D eigenvalue weighted by molar-refractivity contribution is -0.0224. The van der Waals surface area contributed by atoms with Gasteiger partial charge in [-0.25, -0.2) is 9.59 Å². The first-order chi connectivity index (χ1) is 10.2. The molecule has 0 atom stereocenters. The van der Waals surface area contributed by atoms with Crippen molar-refractivity contribution in [1.82, 2.24) is 4.90 Å². The summed E-state index contributed by atoms with van der Waals surface area (Å²) >= 11 is 3.29. The number of ether oxygens (including phenoxy) is 2. The van der Waals surface area contributed by atoms with Crippen LogP contribution in [0.1, 0.15) is 31.1 Å². The molecule has 1 aromatic carbocycles. The molecule has 22 heavy (non-hydrogen) atoms. The first-order valence-electron chi connectivity index (χ1n) is 6.83. The van der Waals surface area contributed by atoms with Crippen LogP contribution >= 0.6 is 15.9 Å². The van der Waals surface area contributed by atoms with E-state index in [0.29, 0.717) is 13.1 Å². The van der Waals surface area contributed by atoms with E-state index in [1.54, 1.807) is 32.9 Å². The van der Waals surface area contributed by atoms with Crippen molar-refractivity contribution in [1.29, 1.82) is 0 Å². The number of carbonyl (C=O) groups excluding carboxylic acids is 1. The molecule has 0 aliphatic carbocycles. The fourth-order valence-corrected chi connectivity index (χ4v) is 2.28. The zero-order valence-corrected chi connectivity index (χ0v) is 14.2. The van der Waals surface area contributed by atoms with Crippen molar-refractivity contribution < 1.29 is 24.2 Å². The van der Waals surface area contributed by atoms with Gasteiger partial charge in [-0.15, -0.1) is 0 Å². The minimum atomic E-state index is -1.05. The minimum Gasteiger partial charge on any atom is -0.486 e. The van der Waals surface area contributed by atoms with Crippen molar-refractivity contribution in [2.75, 3.05) is 13.1 Å². The molecule has 1 N–H and O–H groups in total. The molecule has 1 aromatic rings. The molecule has 2 rings (SSSR count). The Morgan fingerprint density at radius 3 is 2.50 bits per heavy atom. The van der Waals surface area contributed by atoms with Gasteiger partial charge in [0.1, 0.15) is 23.0 Å². The van der Waals surface area contributed by atoms with Crippen molar-refractivity contribution >= 4 is 28.0 Å². The van der Waals surface area contributed by atoms with E-state index in [2.05, 4.69) is 15.9 Å².